The minimum absolute atomic E-state index is 0.00436. The van der Waals surface area contributed by atoms with Crippen LogP contribution in [0.25, 0.3) is 4.48 Å². The van der Waals surface area contributed by atoms with Crippen LogP contribution in [0.1, 0.15) is 28.4 Å². The van der Waals surface area contributed by atoms with E-state index in [9.17, 15) is 18.0 Å². The largest absolute Gasteiger partial charge is 0.416 e. The number of carbonyl (C=O) groups is 1. The maximum absolute atomic E-state index is 12.7. The number of hydrogen-bond acceptors (Lipinski definition) is 1. The Labute approximate surface area is 146 Å². The van der Waals surface area contributed by atoms with Crippen LogP contribution in [-0.2, 0) is 6.18 Å². The van der Waals surface area contributed by atoms with E-state index >= 15 is 0 Å². The third-order valence-corrected chi connectivity index (χ3v) is 4.42. The molecule has 1 nitrogen and oxygen atoms in total. The molecule has 0 aliphatic carbocycles. The summed E-state index contributed by atoms with van der Waals surface area (Å²) in [6.07, 6.45) is -1.61. The first kappa shape index (κ1) is 18.2. The van der Waals surface area contributed by atoms with Gasteiger partial charge in [-0.15, -0.1) is 0 Å². The van der Waals surface area contributed by atoms with E-state index in [1.165, 1.54) is 18.2 Å². The van der Waals surface area contributed by atoms with Gasteiger partial charge in [0, 0.05) is 10.0 Å². The summed E-state index contributed by atoms with van der Waals surface area (Å²) >= 11 is 3.46. The van der Waals surface area contributed by atoms with Crippen LogP contribution in [0, 0.1) is 0 Å². The van der Waals surface area contributed by atoms with E-state index in [4.69, 9.17) is 0 Å². The van der Waals surface area contributed by atoms with Gasteiger partial charge in [-0.2, -0.15) is 13.2 Å². The molecule has 2 rings (SSSR count). The summed E-state index contributed by atoms with van der Waals surface area (Å²) in [5.41, 5.74) is 0.914. The normalized spacial score (nSPS) is 13.0. The van der Waals surface area contributed by atoms with Crippen molar-refractivity contribution >= 4 is 26.2 Å². The summed E-state index contributed by atoms with van der Waals surface area (Å²) in [4.78, 5) is 12.1. The Balaban J connectivity index is 2.22. The molecule has 0 bridgehead atoms. The second kappa shape index (κ2) is 7.62. The molecular weight excluding hydrogens is 381 g/mol. The van der Waals surface area contributed by atoms with E-state index in [0.717, 1.165) is 27.8 Å². The molecule has 0 atom stereocenters. The molecule has 0 fully saturated rings. The van der Waals surface area contributed by atoms with Gasteiger partial charge in [-0.1, -0.05) is 48.5 Å². The molecule has 0 saturated carbocycles. The smallest absolute Gasteiger partial charge is 0.289 e. The number of benzene rings is 2. The van der Waals surface area contributed by atoms with Crippen molar-refractivity contribution < 1.29 is 18.0 Å². The van der Waals surface area contributed by atoms with Crippen LogP contribution >= 0.6 is 15.9 Å². The Kier molecular flexibility index (Phi) is 5.78. The molecular formula is C19H14BrF3O. The summed E-state index contributed by atoms with van der Waals surface area (Å²) in [5, 5.41) is 0. The van der Waals surface area contributed by atoms with Crippen LogP contribution in [0.2, 0.25) is 0 Å². The standard InChI is InChI=1S/C19H14BrF3O/c1-13(18(20)14-6-3-2-4-7-14)10-11-17(24)15-8-5-9-16(12-15)19(21,22)23/h2-12H,1H3. The van der Waals surface area contributed by atoms with Gasteiger partial charge in [0.2, 0.25) is 0 Å². The zero-order valence-corrected chi connectivity index (χ0v) is 14.4. The molecule has 0 radical (unpaired) electrons. The van der Waals surface area contributed by atoms with E-state index in [1.54, 1.807) is 6.08 Å². The van der Waals surface area contributed by atoms with Crippen molar-refractivity contribution in [1.82, 2.24) is 0 Å². The predicted molar refractivity (Wildman–Crippen MR) is 92.9 cm³/mol. The third-order valence-electron chi connectivity index (χ3n) is 3.33. The van der Waals surface area contributed by atoms with Gasteiger partial charge in [0.15, 0.2) is 5.78 Å². The Morgan fingerprint density at radius 3 is 2.21 bits per heavy atom. The second-order valence-electron chi connectivity index (χ2n) is 5.14. The molecule has 0 aliphatic rings. The first-order valence-corrected chi connectivity index (χ1v) is 7.90. The fourth-order valence-electron chi connectivity index (χ4n) is 2.03. The number of ketones is 1. The topological polar surface area (TPSA) is 17.1 Å². The lowest BCUT2D eigenvalue weighted by Crippen LogP contribution is -2.06. The van der Waals surface area contributed by atoms with Gasteiger partial charge in [-0.05, 0) is 52.2 Å². The number of carbonyl (C=O) groups excluding carboxylic acids is 1. The van der Waals surface area contributed by atoms with Crippen molar-refractivity contribution in [2.75, 3.05) is 0 Å². The van der Waals surface area contributed by atoms with Crippen molar-refractivity contribution in [3.63, 3.8) is 0 Å². The first-order chi connectivity index (χ1) is 11.3. The summed E-state index contributed by atoms with van der Waals surface area (Å²) in [6.45, 7) is 1.81. The quantitative estimate of drug-likeness (QED) is 0.339. The molecule has 0 spiro atoms. The van der Waals surface area contributed by atoms with Crippen LogP contribution in [0.15, 0.2) is 72.3 Å². The van der Waals surface area contributed by atoms with Gasteiger partial charge in [0.1, 0.15) is 0 Å². The van der Waals surface area contributed by atoms with Crippen LogP contribution in [0.4, 0.5) is 13.2 Å². The maximum Gasteiger partial charge on any atom is 0.416 e. The molecule has 0 aliphatic heterocycles. The Morgan fingerprint density at radius 1 is 0.958 bits per heavy atom. The fourth-order valence-corrected chi connectivity index (χ4v) is 2.43. The number of allylic oxidation sites excluding steroid dienone is 3. The predicted octanol–water partition coefficient (Wildman–Crippen LogP) is 6.27. The molecule has 0 amide bonds. The molecule has 0 N–H and O–H groups in total. The number of rotatable bonds is 4. The molecule has 5 heteroatoms. The molecule has 0 saturated heterocycles. The highest BCUT2D eigenvalue weighted by atomic mass is 79.9. The second-order valence-corrected chi connectivity index (χ2v) is 5.93. The lowest BCUT2D eigenvalue weighted by atomic mass is 10.1. The van der Waals surface area contributed by atoms with Gasteiger partial charge in [0.05, 0.1) is 5.56 Å². The zero-order chi connectivity index (χ0) is 17.7. The number of halogens is 4. The molecule has 2 aromatic carbocycles. The van der Waals surface area contributed by atoms with Gasteiger partial charge < -0.3 is 0 Å². The van der Waals surface area contributed by atoms with E-state index in [1.807, 2.05) is 37.3 Å². The van der Waals surface area contributed by atoms with Gasteiger partial charge >= 0.3 is 6.18 Å². The fraction of sp³-hybridized carbons (Fsp3) is 0.105. The van der Waals surface area contributed by atoms with Crippen molar-refractivity contribution in [2.45, 2.75) is 13.1 Å². The average molecular weight is 395 g/mol. The molecule has 2 aromatic rings. The molecule has 0 heterocycles. The summed E-state index contributed by atoms with van der Waals surface area (Å²) in [7, 11) is 0. The lowest BCUT2D eigenvalue weighted by Gasteiger charge is -2.07. The number of alkyl halides is 3. The van der Waals surface area contributed by atoms with Gasteiger partial charge in [0.25, 0.3) is 0 Å². The SMILES string of the molecule is CC(C=CC(=O)c1cccc(C(F)(F)F)c1)=C(Br)c1ccccc1. The van der Waals surface area contributed by atoms with Crippen molar-refractivity contribution in [3.05, 3.63) is 89.0 Å². The maximum atomic E-state index is 12.7. The minimum atomic E-state index is -4.47. The van der Waals surface area contributed by atoms with E-state index in [-0.39, 0.29) is 5.56 Å². The summed E-state index contributed by atoms with van der Waals surface area (Å²) in [6, 6.07) is 13.9. The Bertz CT molecular complexity index is 790. The average Bonchev–Trinajstić information content (AvgIpc) is 2.58. The molecule has 124 valence electrons. The summed E-state index contributed by atoms with van der Waals surface area (Å²) < 4.78 is 38.9. The van der Waals surface area contributed by atoms with Crippen LogP contribution in [-0.4, -0.2) is 5.78 Å². The van der Waals surface area contributed by atoms with Crippen molar-refractivity contribution in [1.29, 1.82) is 0 Å². The van der Waals surface area contributed by atoms with E-state index in [2.05, 4.69) is 15.9 Å². The minimum Gasteiger partial charge on any atom is -0.289 e. The summed E-state index contributed by atoms with van der Waals surface area (Å²) in [5.74, 6) is -0.478. The van der Waals surface area contributed by atoms with Crippen molar-refractivity contribution in [2.24, 2.45) is 0 Å². The molecule has 0 unspecified atom stereocenters. The van der Waals surface area contributed by atoms with Crippen LogP contribution in [0.3, 0.4) is 0 Å². The van der Waals surface area contributed by atoms with E-state index in [0.29, 0.717) is 0 Å². The van der Waals surface area contributed by atoms with Gasteiger partial charge in [-0.3, -0.25) is 4.79 Å². The van der Waals surface area contributed by atoms with E-state index < -0.39 is 17.5 Å². The van der Waals surface area contributed by atoms with Gasteiger partial charge in [-0.25, -0.2) is 0 Å². The highest BCUT2D eigenvalue weighted by Crippen LogP contribution is 2.30. The monoisotopic (exact) mass is 394 g/mol. The highest BCUT2D eigenvalue weighted by molar-refractivity contribution is 9.15. The lowest BCUT2D eigenvalue weighted by molar-refractivity contribution is -0.137. The van der Waals surface area contributed by atoms with Crippen LogP contribution < -0.4 is 0 Å². The molecule has 0 aromatic heterocycles. The first-order valence-electron chi connectivity index (χ1n) is 7.10. The Morgan fingerprint density at radius 2 is 1.58 bits per heavy atom. The Hall–Kier alpha value is -2.14. The highest BCUT2D eigenvalue weighted by Gasteiger charge is 2.30. The van der Waals surface area contributed by atoms with Crippen LogP contribution in [0.5, 0.6) is 0 Å². The zero-order valence-electron chi connectivity index (χ0n) is 12.8. The number of hydrogen-bond donors (Lipinski definition) is 0. The van der Waals surface area contributed by atoms with Crippen molar-refractivity contribution in [3.8, 4) is 0 Å². The molecule has 24 heavy (non-hydrogen) atoms. The third kappa shape index (κ3) is 4.68.